The van der Waals surface area contributed by atoms with Crippen molar-refractivity contribution >= 4 is 44.6 Å². The molecular formula is C19H32N2O5S2. The van der Waals surface area contributed by atoms with Gasteiger partial charge in [0.1, 0.15) is 25.0 Å². The minimum absolute atomic E-state index is 0. The molecule has 0 aromatic carbocycles. The zero-order chi connectivity index (χ0) is 18.0. The maximum Gasteiger partial charge on any atom is 0.255 e. The molecule has 28 heavy (non-hydrogen) atoms. The quantitative estimate of drug-likeness (QED) is 0.771. The number of furan rings is 1. The summed E-state index contributed by atoms with van der Waals surface area (Å²) in [6, 6.07) is 0.369. The van der Waals surface area contributed by atoms with E-state index in [1.165, 1.54) is 12.5 Å². The van der Waals surface area contributed by atoms with Gasteiger partial charge in [0, 0.05) is 6.54 Å². The molecule has 2 aliphatic rings. The van der Waals surface area contributed by atoms with Gasteiger partial charge >= 0.3 is 0 Å². The maximum absolute atomic E-state index is 13.1. The van der Waals surface area contributed by atoms with Crippen molar-refractivity contribution in [2.75, 3.05) is 13.2 Å². The van der Waals surface area contributed by atoms with Gasteiger partial charge < -0.3 is 19.4 Å². The summed E-state index contributed by atoms with van der Waals surface area (Å²) in [7, 11) is 0. The Bertz CT molecular complexity index is 651. The number of likely N-dealkylation sites (tertiary alicyclic amines) is 1. The number of carbonyl (C=O) groups is 3. The van der Waals surface area contributed by atoms with Gasteiger partial charge in [-0.15, -0.1) is 0 Å². The van der Waals surface area contributed by atoms with Crippen LogP contribution < -0.4 is 5.32 Å². The van der Waals surface area contributed by atoms with Gasteiger partial charge in [0.25, 0.3) is 5.91 Å². The second-order valence-electron chi connectivity index (χ2n) is 7.10. The van der Waals surface area contributed by atoms with Crippen molar-refractivity contribution in [3.8, 4) is 0 Å². The lowest BCUT2D eigenvalue weighted by molar-refractivity contribution is -0.142. The fraction of sp³-hybridized carbons (Fsp3) is 0.632. The second kappa shape index (κ2) is 11.5. The van der Waals surface area contributed by atoms with Crippen LogP contribution in [0, 0.1) is 5.92 Å². The van der Waals surface area contributed by atoms with Crippen LogP contribution in [0.4, 0.5) is 0 Å². The standard InChI is InChI=1S/C18H24N2O5.CH4.2H2S/c1-11(2)8-13(19-17(22)12-5-7-24-9-12)18(23)20-6-3-4-15-16(20)14(21)10-25-15;;;/h5,7,9,11,13,15-16H,3-4,6,8,10H2,1-2H3,(H,19,22);1H4;2*1H2/t13-,15+,16+;;;/m0.../s1. The van der Waals surface area contributed by atoms with Crippen molar-refractivity contribution in [3.63, 3.8) is 0 Å². The molecule has 9 heteroatoms. The van der Waals surface area contributed by atoms with Crippen LogP contribution in [-0.4, -0.2) is 53.8 Å². The van der Waals surface area contributed by atoms with Crippen molar-refractivity contribution in [2.24, 2.45) is 5.92 Å². The summed E-state index contributed by atoms with van der Waals surface area (Å²) >= 11 is 0. The van der Waals surface area contributed by atoms with Gasteiger partial charge in [-0.25, -0.2) is 0 Å². The highest BCUT2D eigenvalue weighted by molar-refractivity contribution is 7.59. The Hall–Kier alpha value is -1.45. The summed E-state index contributed by atoms with van der Waals surface area (Å²) < 4.78 is 10.4. The lowest BCUT2D eigenvalue weighted by Gasteiger charge is -2.37. The molecule has 0 spiro atoms. The van der Waals surface area contributed by atoms with Crippen LogP contribution >= 0.6 is 27.0 Å². The molecule has 1 N–H and O–H groups in total. The molecule has 3 atom stereocenters. The Labute approximate surface area is 180 Å². The van der Waals surface area contributed by atoms with Crippen molar-refractivity contribution in [2.45, 2.75) is 58.7 Å². The Morgan fingerprint density at radius 1 is 1.32 bits per heavy atom. The normalized spacial score (nSPS) is 21.7. The first-order valence-corrected chi connectivity index (χ1v) is 8.75. The molecule has 2 saturated heterocycles. The molecule has 2 aliphatic heterocycles. The van der Waals surface area contributed by atoms with Gasteiger partial charge in [-0.2, -0.15) is 27.0 Å². The molecule has 0 aliphatic carbocycles. The van der Waals surface area contributed by atoms with Gasteiger partial charge in [0.15, 0.2) is 5.78 Å². The van der Waals surface area contributed by atoms with Gasteiger partial charge in [-0.1, -0.05) is 21.3 Å². The van der Waals surface area contributed by atoms with E-state index in [0.29, 0.717) is 18.5 Å². The first-order chi connectivity index (χ1) is 12.0. The van der Waals surface area contributed by atoms with E-state index in [0.717, 1.165) is 12.8 Å². The summed E-state index contributed by atoms with van der Waals surface area (Å²) in [5.41, 5.74) is 0.373. The average Bonchev–Trinajstić information content (AvgIpc) is 3.23. The zero-order valence-electron chi connectivity index (χ0n) is 15.6. The van der Waals surface area contributed by atoms with E-state index < -0.39 is 12.1 Å². The van der Waals surface area contributed by atoms with Gasteiger partial charge in [0.2, 0.25) is 5.91 Å². The van der Waals surface area contributed by atoms with Gasteiger partial charge in [0.05, 0.1) is 17.9 Å². The lowest BCUT2D eigenvalue weighted by Crippen LogP contribution is -2.58. The van der Waals surface area contributed by atoms with Gasteiger partial charge in [-0.3, -0.25) is 14.4 Å². The highest BCUT2D eigenvalue weighted by atomic mass is 32.1. The molecule has 1 aromatic rings. The Balaban J connectivity index is 0.00000243. The summed E-state index contributed by atoms with van der Waals surface area (Å²) in [6.07, 6.45) is 4.64. The molecule has 1 aromatic heterocycles. The van der Waals surface area contributed by atoms with Gasteiger partial charge in [-0.05, 0) is 31.2 Å². The summed E-state index contributed by atoms with van der Waals surface area (Å²) in [4.78, 5) is 39.2. The third-order valence-electron chi connectivity index (χ3n) is 4.72. The number of rotatable bonds is 5. The van der Waals surface area contributed by atoms with Crippen molar-refractivity contribution in [3.05, 3.63) is 24.2 Å². The monoisotopic (exact) mass is 432 g/mol. The Morgan fingerprint density at radius 3 is 2.64 bits per heavy atom. The van der Waals surface area contributed by atoms with E-state index in [2.05, 4.69) is 5.32 Å². The van der Waals surface area contributed by atoms with E-state index in [1.807, 2.05) is 13.8 Å². The summed E-state index contributed by atoms with van der Waals surface area (Å²) in [6.45, 7) is 4.57. The van der Waals surface area contributed by atoms with E-state index in [9.17, 15) is 14.4 Å². The van der Waals surface area contributed by atoms with E-state index in [-0.39, 0.29) is 70.6 Å². The van der Waals surface area contributed by atoms with Crippen LogP contribution in [0.3, 0.4) is 0 Å². The number of fused-ring (bicyclic) bond motifs is 1. The van der Waals surface area contributed by atoms with Crippen LogP contribution in [0.1, 0.15) is 50.9 Å². The summed E-state index contributed by atoms with van der Waals surface area (Å²) in [5, 5.41) is 2.80. The highest BCUT2D eigenvalue weighted by Gasteiger charge is 2.45. The molecule has 160 valence electrons. The van der Waals surface area contributed by atoms with Crippen LogP contribution in [0.5, 0.6) is 0 Å². The zero-order valence-corrected chi connectivity index (χ0v) is 17.6. The van der Waals surface area contributed by atoms with Crippen molar-refractivity contribution in [1.82, 2.24) is 10.2 Å². The molecule has 7 nitrogen and oxygen atoms in total. The third-order valence-corrected chi connectivity index (χ3v) is 4.72. The Morgan fingerprint density at radius 2 is 2.04 bits per heavy atom. The number of ether oxygens (including phenoxy) is 1. The van der Waals surface area contributed by atoms with Crippen LogP contribution in [0.2, 0.25) is 0 Å². The smallest absolute Gasteiger partial charge is 0.255 e. The number of ketones is 1. The largest absolute Gasteiger partial charge is 0.472 e. The fourth-order valence-corrected chi connectivity index (χ4v) is 3.57. The number of hydrogen-bond donors (Lipinski definition) is 1. The number of Topliss-reactive ketones (excluding diaryl/α,β-unsaturated/α-hetero) is 1. The van der Waals surface area contributed by atoms with Crippen LogP contribution in [-0.2, 0) is 14.3 Å². The number of amides is 2. The van der Waals surface area contributed by atoms with E-state index in [1.54, 1.807) is 11.0 Å². The molecule has 3 rings (SSSR count). The molecule has 2 amide bonds. The summed E-state index contributed by atoms with van der Waals surface area (Å²) in [5.74, 6) is -0.397. The predicted octanol–water partition coefficient (Wildman–Crippen LogP) is 2.24. The topological polar surface area (TPSA) is 88.8 Å². The molecule has 0 bridgehead atoms. The third kappa shape index (κ3) is 5.78. The van der Waals surface area contributed by atoms with Crippen LogP contribution in [0.15, 0.2) is 23.0 Å². The molecule has 0 unspecified atom stereocenters. The molecule has 0 saturated carbocycles. The molecule has 3 heterocycles. The number of carbonyl (C=O) groups excluding carboxylic acids is 3. The minimum Gasteiger partial charge on any atom is -0.472 e. The van der Waals surface area contributed by atoms with Crippen molar-refractivity contribution < 1.29 is 23.5 Å². The number of nitrogens with one attached hydrogen (secondary N) is 1. The lowest BCUT2D eigenvalue weighted by atomic mass is 9.95. The molecule has 2 fully saturated rings. The number of hydrogen-bond acceptors (Lipinski definition) is 5. The number of piperidine rings is 1. The van der Waals surface area contributed by atoms with Crippen molar-refractivity contribution in [1.29, 1.82) is 0 Å². The second-order valence-corrected chi connectivity index (χ2v) is 7.10. The SMILES string of the molecule is C.CC(C)C[C@H](NC(=O)c1ccoc1)C(=O)N1CCC[C@H]2OCC(=O)[C@H]21.S.S. The Kier molecular flexibility index (Phi) is 10.9. The van der Waals surface area contributed by atoms with E-state index in [4.69, 9.17) is 9.15 Å². The highest BCUT2D eigenvalue weighted by Crippen LogP contribution is 2.27. The average molecular weight is 433 g/mol. The maximum atomic E-state index is 13.1. The fourth-order valence-electron chi connectivity index (χ4n) is 3.57. The van der Waals surface area contributed by atoms with E-state index >= 15 is 0 Å². The molecule has 0 radical (unpaired) electrons. The molecular weight excluding hydrogens is 400 g/mol. The predicted molar refractivity (Wildman–Crippen MR) is 116 cm³/mol. The number of nitrogens with zero attached hydrogens (tertiary/aromatic N) is 1. The first kappa shape index (κ1) is 26.6. The first-order valence-electron chi connectivity index (χ1n) is 8.75. The van der Waals surface area contributed by atoms with Crippen LogP contribution in [0.25, 0.3) is 0 Å². The minimum atomic E-state index is -0.672.